The van der Waals surface area contributed by atoms with Crippen molar-refractivity contribution in [1.29, 1.82) is 5.26 Å². The first-order chi connectivity index (χ1) is 14.5. The maximum Gasteiger partial charge on any atom is 0.198 e. The monoisotopic (exact) mass is 436 g/mol. The van der Waals surface area contributed by atoms with E-state index in [1.165, 1.54) is 12.2 Å². The second-order valence-electron chi connectivity index (χ2n) is 6.19. The van der Waals surface area contributed by atoms with Crippen LogP contribution >= 0.6 is 22.9 Å². The molecule has 150 valence electrons. The smallest absolute Gasteiger partial charge is 0.198 e. The standard InChI is InChI=1S/C22H17ClN4O2S/c23-16-8-4-5-14(11-16)13-26-22-17(12-24)20(25)21(30-22)19(28)10-9-18(27-29)15-6-2-1-3-7-15/h1-11,26,29H,13,25H2/b10-9+,27-18+. The molecule has 2 aromatic carbocycles. The lowest BCUT2D eigenvalue weighted by Gasteiger charge is -2.04. The Morgan fingerprint density at radius 2 is 2.00 bits per heavy atom. The minimum atomic E-state index is -0.387. The Morgan fingerprint density at radius 1 is 1.23 bits per heavy atom. The van der Waals surface area contributed by atoms with E-state index in [4.69, 9.17) is 17.3 Å². The lowest BCUT2D eigenvalue weighted by molar-refractivity contribution is 0.105. The number of nitrogens with one attached hydrogen (secondary N) is 1. The van der Waals surface area contributed by atoms with Crippen LogP contribution in [-0.4, -0.2) is 16.7 Å². The number of carbonyl (C=O) groups is 1. The second-order valence-corrected chi connectivity index (χ2v) is 7.65. The van der Waals surface area contributed by atoms with Crippen LogP contribution in [0.4, 0.5) is 10.7 Å². The predicted molar refractivity (Wildman–Crippen MR) is 120 cm³/mol. The molecule has 30 heavy (non-hydrogen) atoms. The molecule has 0 radical (unpaired) electrons. The van der Waals surface area contributed by atoms with E-state index in [9.17, 15) is 15.3 Å². The van der Waals surface area contributed by atoms with Crippen LogP contribution < -0.4 is 11.1 Å². The molecule has 0 unspecified atom stereocenters. The van der Waals surface area contributed by atoms with Crippen LogP contribution in [0.15, 0.2) is 71.9 Å². The van der Waals surface area contributed by atoms with E-state index in [-0.39, 0.29) is 27.6 Å². The number of allylic oxidation sites excluding steroid dienone is 2. The van der Waals surface area contributed by atoms with E-state index in [2.05, 4.69) is 10.5 Å². The highest BCUT2D eigenvalue weighted by atomic mass is 35.5. The first-order valence-electron chi connectivity index (χ1n) is 8.84. The summed E-state index contributed by atoms with van der Waals surface area (Å²) >= 11 is 7.10. The average molecular weight is 437 g/mol. The molecule has 4 N–H and O–H groups in total. The molecule has 0 aliphatic rings. The van der Waals surface area contributed by atoms with E-state index in [0.717, 1.165) is 16.9 Å². The fraction of sp³-hybridized carbons (Fsp3) is 0.0455. The molecule has 8 heteroatoms. The number of nitrogens with two attached hydrogens (primary N) is 1. The Kier molecular flexibility index (Phi) is 6.86. The maximum absolute atomic E-state index is 12.7. The first-order valence-corrected chi connectivity index (χ1v) is 10.0. The Balaban J connectivity index is 1.80. The van der Waals surface area contributed by atoms with Gasteiger partial charge < -0.3 is 16.3 Å². The summed E-state index contributed by atoms with van der Waals surface area (Å²) < 4.78 is 0. The number of halogens is 1. The van der Waals surface area contributed by atoms with Gasteiger partial charge in [0.05, 0.1) is 5.69 Å². The molecule has 1 heterocycles. The Hall–Kier alpha value is -3.60. The van der Waals surface area contributed by atoms with Crippen LogP contribution in [0.5, 0.6) is 0 Å². The summed E-state index contributed by atoms with van der Waals surface area (Å²) in [7, 11) is 0. The van der Waals surface area contributed by atoms with E-state index in [0.29, 0.717) is 22.1 Å². The number of nitrogen functional groups attached to an aromatic ring is 1. The third-order valence-electron chi connectivity index (χ3n) is 4.19. The van der Waals surface area contributed by atoms with Crippen molar-refractivity contribution < 1.29 is 10.0 Å². The fourth-order valence-electron chi connectivity index (χ4n) is 2.72. The molecule has 0 atom stereocenters. The van der Waals surface area contributed by atoms with Gasteiger partial charge in [-0.3, -0.25) is 4.79 Å². The van der Waals surface area contributed by atoms with Crippen molar-refractivity contribution in [3.05, 3.63) is 93.3 Å². The topological polar surface area (TPSA) is 112 Å². The van der Waals surface area contributed by atoms with Crippen molar-refractivity contribution in [2.45, 2.75) is 6.54 Å². The van der Waals surface area contributed by atoms with Crippen molar-refractivity contribution >= 4 is 45.1 Å². The molecule has 3 aromatic rings. The van der Waals surface area contributed by atoms with Gasteiger partial charge in [-0.2, -0.15) is 5.26 Å². The number of benzene rings is 2. The number of nitriles is 1. The molecule has 0 aliphatic heterocycles. The summed E-state index contributed by atoms with van der Waals surface area (Å²) in [5.41, 5.74) is 8.21. The molecule has 3 rings (SSSR count). The minimum absolute atomic E-state index is 0.118. The molecular weight excluding hydrogens is 420 g/mol. The highest BCUT2D eigenvalue weighted by Gasteiger charge is 2.20. The van der Waals surface area contributed by atoms with Crippen molar-refractivity contribution in [2.24, 2.45) is 5.16 Å². The van der Waals surface area contributed by atoms with Gasteiger partial charge in [-0.05, 0) is 29.8 Å². The molecule has 1 aromatic heterocycles. The second kappa shape index (κ2) is 9.74. The first kappa shape index (κ1) is 21.1. The van der Waals surface area contributed by atoms with E-state index in [1.54, 1.807) is 30.3 Å². The zero-order chi connectivity index (χ0) is 21.5. The summed E-state index contributed by atoms with van der Waals surface area (Å²) in [6.45, 7) is 0.425. The highest BCUT2D eigenvalue weighted by molar-refractivity contribution is 7.19. The zero-order valence-electron chi connectivity index (χ0n) is 15.7. The lowest BCUT2D eigenvalue weighted by atomic mass is 10.1. The summed E-state index contributed by atoms with van der Waals surface area (Å²) in [4.78, 5) is 12.9. The molecule has 0 spiro atoms. The summed E-state index contributed by atoms with van der Waals surface area (Å²) in [6.07, 6.45) is 2.67. The number of ketones is 1. The molecule has 0 saturated heterocycles. The average Bonchev–Trinajstić information content (AvgIpc) is 3.08. The predicted octanol–water partition coefficient (Wildman–Crippen LogP) is 5.08. The highest BCUT2D eigenvalue weighted by Crippen LogP contribution is 2.36. The zero-order valence-corrected chi connectivity index (χ0v) is 17.2. The number of thiophene rings is 1. The largest absolute Gasteiger partial charge is 0.410 e. The number of hydrogen-bond donors (Lipinski definition) is 3. The third-order valence-corrected chi connectivity index (χ3v) is 5.61. The molecular formula is C22H17ClN4O2S. The van der Waals surface area contributed by atoms with Gasteiger partial charge >= 0.3 is 0 Å². The number of carbonyl (C=O) groups excluding carboxylic acids is 1. The van der Waals surface area contributed by atoms with E-state index >= 15 is 0 Å². The van der Waals surface area contributed by atoms with E-state index in [1.807, 2.05) is 30.3 Å². The van der Waals surface area contributed by atoms with E-state index < -0.39 is 0 Å². The van der Waals surface area contributed by atoms with Gasteiger partial charge in [0.15, 0.2) is 5.78 Å². The van der Waals surface area contributed by atoms with Gasteiger partial charge in [-0.25, -0.2) is 0 Å². The summed E-state index contributed by atoms with van der Waals surface area (Å²) in [6, 6.07) is 18.3. The summed E-state index contributed by atoms with van der Waals surface area (Å²) in [5.74, 6) is -0.387. The minimum Gasteiger partial charge on any atom is -0.410 e. The number of rotatable bonds is 7. The van der Waals surface area contributed by atoms with Crippen LogP contribution in [-0.2, 0) is 6.54 Å². The maximum atomic E-state index is 12.7. The van der Waals surface area contributed by atoms with Crippen molar-refractivity contribution in [1.82, 2.24) is 0 Å². The lowest BCUT2D eigenvalue weighted by Crippen LogP contribution is -2.01. The van der Waals surface area contributed by atoms with Gasteiger partial charge in [0.1, 0.15) is 27.2 Å². The Morgan fingerprint density at radius 3 is 2.67 bits per heavy atom. The Bertz CT molecular complexity index is 1160. The Labute approximate surface area is 182 Å². The molecule has 6 nitrogen and oxygen atoms in total. The number of nitrogens with zero attached hydrogens (tertiary/aromatic N) is 2. The number of anilines is 2. The molecule has 0 fully saturated rings. The molecule has 0 bridgehead atoms. The van der Waals surface area contributed by atoms with Gasteiger partial charge in [0.2, 0.25) is 0 Å². The SMILES string of the molecule is N#Cc1c(NCc2cccc(Cl)c2)sc(C(=O)/C=C/C(=N\O)c2ccccc2)c1N. The number of oxime groups is 1. The van der Waals surface area contributed by atoms with Gasteiger partial charge in [-0.15, -0.1) is 11.3 Å². The quantitative estimate of drug-likeness (QED) is 0.157. The molecule has 0 amide bonds. The molecule has 0 saturated carbocycles. The van der Waals surface area contributed by atoms with Crippen LogP contribution in [0, 0.1) is 11.3 Å². The van der Waals surface area contributed by atoms with Crippen LogP contribution in [0.2, 0.25) is 5.02 Å². The van der Waals surface area contributed by atoms with Crippen molar-refractivity contribution in [2.75, 3.05) is 11.1 Å². The van der Waals surface area contributed by atoms with Gasteiger partial charge in [0, 0.05) is 17.1 Å². The third kappa shape index (κ3) is 4.87. The van der Waals surface area contributed by atoms with Crippen LogP contribution in [0.25, 0.3) is 0 Å². The normalized spacial score (nSPS) is 11.4. The van der Waals surface area contributed by atoms with Crippen molar-refractivity contribution in [3.63, 3.8) is 0 Å². The number of hydrogen-bond acceptors (Lipinski definition) is 7. The van der Waals surface area contributed by atoms with Gasteiger partial charge in [0.25, 0.3) is 0 Å². The van der Waals surface area contributed by atoms with Gasteiger partial charge in [-0.1, -0.05) is 59.2 Å². The fourth-order valence-corrected chi connectivity index (χ4v) is 3.92. The van der Waals surface area contributed by atoms with Crippen molar-refractivity contribution in [3.8, 4) is 6.07 Å². The van der Waals surface area contributed by atoms with Crippen LogP contribution in [0.3, 0.4) is 0 Å². The van der Waals surface area contributed by atoms with Crippen LogP contribution in [0.1, 0.15) is 26.4 Å². The summed E-state index contributed by atoms with van der Waals surface area (Å²) in [5, 5.41) is 26.2. The molecule has 0 aliphatic carbocycles.